The third-order valence-electron chi connectivity index (χ3n) is 2.55. The molecule has 1 heterocycles. The lowest BCUT2D eigenvalue weighted by atomic mass is 9.85. The van der Waals surface area contributed by atoms with Crippen molar-refractivity contribution in [2.75, 3.05) is 23.4 Å². The highest BCUT2D eigenvalue weighted by atomic mass is 16.3. The molecule has 0 bridgehead atoms. The number of nitrogens with one attached hydrogen (secondary N) is 1. The molecule has 96 valence electrons. The second-order valence-corrected chi connectivity index (χ2v) is 5.11. The Morgan fingerprint density at radius 3 is 2.47 bits per heavy atom. The molecule has 0 saturated carbocycles. The van der Waals surface area contributed by atoms with Crippen LogP contribution in [-0.2, 0) is 0 Å². The van der Waals surface area contributed by atoms with Crippen LogP contribution < -0.4 is 16.8 Å². The van der Waals surface area contributed by atoms with Crippen molar-refractivity contribution in [1.82, 2.24) is 9.97 Å². The fourth-order valence-corrected chi connectivity index (χ4v) is 1.59. The Bertz CT molecular complexity index is 354. The van der Waals surface area contributed by atoms with Crippen LogP contribution in [0.25, 0.3) is 0 Å². The minimum atomic E-state index is -0.00277. The van der Waals surface area contributed by atoms with Crippen LogP contribution in [0.3, 0.4) is 0 Å². The van der Waals surface area contributed by atoms with Crippen molar-refractivity contribution in [2.45, 2.75) is 33.2 Å². The number of aliphatic hydroxyl groups is 1. The lowest BCUT2D eigenvalue weighted by Gasteiger charge is -2.31. The Morgan fingerprint density at radius 2 is 2.00 bits per heavy atom. The maximum absolute atomic E-state index is 9.07. The van der Waals surface area contributed by atoms with Crippen LogP contribution in [-0.4, -0.2) is 27.7 Å². The summed E-state index contributed by atoms with van der Waals surface area (Å²) >= 11 is 0. The number of hydrogen-bond acceptors (Lipinski definition) is 6. The number of nitrogens with zero attached hydrogens (tertiary/aromatic N) is 2. The summed E-state index contributed by atoms with van der Waals surface area (Å²) in [7, 11) is 0. The predicted molar refractivity (Wildman–Crippen MR) is 69.4 cm³/mol. The van der Waals surface area contributed by atoms with Gasteiger partial charge in [0.1, 0.15) is 11.6 Å². The van der Waals surface area contributed by atoms with E-state index in [0.29, 0.717) is 18.1 Å². The van der Waals surface area contributed by atoms with Crippen LogP contribution in [0.2, 0.25) is 0 Å². The molecule has 0 radical (unpaired) electrons. The number of rotatable bonds is 4. The van der Waals surface area contributed by atoms with Crippen LogP contribution in [0.1, 0.15) is 27.2 Å². The van der Waals surface area contributed by atoms with Gasteiger partial charge in [0.15, 0.2) is 0 Å². The SMILES string of the molecule is CC(C)(C)C(CCO)Nc1cc(N)nc(N)n1. The fourth-order valence-electron chi connectivity index (χ4n) is 1.59. The van der Waals surface area contributed by atoms with E-state index in [1.165, 1.54) is 0 Å². The molecular formula is C11H21N5O. The van der Waals surface area contributed by atoms with Crippen LogP contribution in [0, 0.1) is 5.41 Å². The van der Waals surface area contributed by atoms with Crippen molar-refractivity contribution >= 4 is 17.6 Å². The first-order valence-corrected chi connectivity index (χ1v) is 5.60. The first-order valence-electron chi connectivity index (χ1n) is 5.60. The highest BCUT2D eigenvalue weighted by molar-refractivity contribution is 5.49. The monoisotopic (exact) mass is 239 g/mol. The summed E-state index contributed by atoms with van der Waals surface area (Å²) in [6, 6.07) is 1.72. The van der Waals surface area contributed by atoms with Gasteiger partial charge < -0.3 is 21.9 Å². The highest BCUT2D eigenvalue weighted by Crippen LogP contribution is 2.25. The number of aliphatic hydroxyl groups excluding tert-OH is 1. The molecule has 0 aliphatic heterocycles. The summed E-state index contributed by atoms with van der Waals surface area (Å²) in [5, 5.41) is 12.3. The molecule has 6 N–H and O–H groups in total. The number of nitrogens with two attached hydrogens (primary N) is 2. The molecule has 6 nitrogen and oxygen atoms in total. The van der Waals surface area contributed by atoms with E-state index >= 15 is 0 Å². The van der Waals surface area contributed by atoms with Gasteiger partial charge in [0.2, 0.25) is 5.95 Å². The molecule has 1 aromatic rings. The number of aromatic nitrogens is 2. The van der Waals surface area contributed by atoms with Gasteiger partial charge in [-0.2, -0.15) is 9.97 Å². The Balaban J connectivity index is 2.86. The second-order valence-electron chi connectivity index (χ2n) is 5.11. The molecule has 1 unspecified atom stereocenters. The van der Waals surface area contributed by atoms with E-state index in [2.05, 4.69) is 36.1 Å². The van der Waals surface area contributed by atoms with Crippen molar-refractivity contribution < 1.29 is 5.11 Å². The minimum Gasteiger partial charge on any atom is -0.396 e. The van der Waals surface area contributed by atoms with Gasteiger partial charge in [0.25, 0.3) is 0 Å². The lowest BCUT2D eigenvalue weighted by molar-refractivity contribution is 0.235. The van der Waals surface area contributed by atoms with Crippen molar-refractivity contribution in [3.05, 3.63) is 6.07 Å². The standard InChI is InChI=1S/C11H21N5O/c1-11(2,3)7(4-5-17)14-9-6-8(12)15-10(13)16-9/h6-7,17H,4-5H2,1-3H3,(H5,12,13,14,15,16). The van der Waals surface area contributed by atoms with Crippen LogP contribution in [0.5, 0.6) is 0 Å². The highest BCUT2D eigenvalue weighted by Gasteiger charge is 2.24. The molecule has 1 aromatic heterocycles. The van der Waals surface area contributed by atoms with Gasteiger partial charge in [-0.25, -0.2) is 0 Å². The summed E-state index contributed by atoms with van der Waals surface area (Å²) in [6.07, 6.45) is 0.632. The summed E-state index contributed by atoms with van der Waals surface area (Å²) < 4.78 is 0. The quantitative estimate of drug-likeness (QED) is 0.620. The zero-order valence-electron chi connectivity index (χ0n) is 10.6. The predicted octanol–water partition coefficient (Wildman–Crippen LogP) is 0.850. The van der Waals surface area contributed by atoms with E-state index in [-0.39, 0.29) is 24.0 Å². The van der Waals surface area contributed by atoms with Gasteiger partial charge >= 0.3 is 0 Å². The lowest BCUT2D eigenvalue weighted by Crippen LogP contribution is -2.35. The smallest absolute Gasteiger partial charge is 0.223 e. The molecular weight excluding hydrogens is 218 g/mol. The Morgan fingerprint density at radius 1 is 1.35 bits per heavy atom. The minimum absolute atomic E-state index is 0.00277. The molecule has 17 heavy (non-hydrogen) atoms. The molecule has 1 rings (SSSR count). The van der Waals surface area contributed by atoms with Gasteiger partial charge in [0, 0.05) is 18.7 Å². The maximum Gasteiger partial charge on any atom is 0.223 e. The van der Waals surface area contributed by atoms with Gasteiger partial charge in [-0.1, -0.05) is 20.8 Å². The van der Waals surface area contributed by atoms with Gasteiger partial charge in [-0.05, 0) is 11.8 Å². The Hall–Kier alpha value is -1.56. The maximum atomic E-state index is 9.07. The average Bonchev–Trinajstić information content (AvgIpc) is 2.13. The number of anilines is 3. The van der Waals surface area contributed by atoms with Crippen molar-refractivity contribution in [1.29, 1.82) is 0 Å². The third-order valence-corrected chi connectivity index (χ3v) is 2.55. The molecule has 0 aliphatic carbocycles. The summed E-state index contributed by atoms with van der Waals surface area (Å²) in [4.78, 5) is 7.87. The van der Waals surface area contributed by atoms with Crippen molar-refractivity contribution in [2.24, 2.45) is 5.41 Å². The van der Waals surface area contributed by atoms with Gasteiger partial charge in [-0.3, -0.25) is 0 Å². The van der Waals surface area contributed by atoms with Gasteiger partial charge in [0.05, 0.1) is 0 Å². The van der Waals surface area contributed by atoms with E-state index in [4.69, 9.17) is 16.6 Å². The van der Waals surface area contributed by atoms with Crippen molar-refractivity contribution in [3.63, 3.8) is 0 Å². The van der Waals surface area contributed by atoms with E-state index < -0.39 is 0 Å². The van der Waals surface area contributed by atoms with Crippen LogP contribution in [0.4, 0.5) is 17.6 Å². The van der Waals surface area contributed by atoms with Crippen molar-refractivity contribution in [3.8, 4) is 0 Å². The molecule has 0 amide bonds. The van der Waals surface area contributed by atoms with E-state index in [1.807, 2.05) is 0 Å². The number of nitrogen functional groups attached to an aromatic ring is 2. The molecule has 6 heteroatoms. The van der Waals surface area contributed by atoms with E-state index in [0.717, 1.165) is 0 Å². The summed E-state index contributed by atoms with van der Waals surface area (Å²) in [6.45, 7) is 6.39. The second kappa shape index (κ2) is 5.18. The molecule has 0 aromatic carbocycles. The van der Waals surface area contributed by atoms with E-state index in [1.54, 1.807) is 6.07 Å². The zero-order valence-corrected chi connectivity index (χ0v) is 10.6. The normalized spacial score (nSPS) is 13.4. The zero-order chi connectivity index (χ0) is 13.1. The molecule has 0 aliphatic rings. The largest absolute Gasteiger partial charge is 0.396 e. The topological polar surface area (TPSA) is 110 Å². The Labute approximate surface area is 101 Å². The third kappa shape index (κ3) is 4.07. The first kappa shape index (κ1) is 13.5. The molecule has 0 saturated heterocycles. The molecule has 1 atom stereocenters. The van der Waals surface area contributed by atoms with Crippen LogP contribution >= 0.6 is 0 Å². The first-order chi connectivity index (χ1) is 7.82. The van der Waals surface area contributed by atoms with Crippen LogP contribution in [0.15, 0.2) is 6.07 Å². The summed E-state index contributed by atoms with van der Waals surface area (Å²) in [5.74, 6) is 1.06. The fraction of sp³-hybridized carbons (Fsp3) is 0.636. The molecule has 0 spiro atoms. The average molecular weight is 239 g/mol. The summed E-state index contributed by atoms with van der Waals surface area (Å²) in [5.41, 5.74) is 11.1. The van der Waals surface area contributed by atoms with E-state index in [9.17, 15) is 0 Å². The Kier molecular flexibility index (Phi) is 4.11. The molecule has 0 fully saturated rings. The number of hydrogen-bond donors (Lipinski definition) is 4. The van der Waals surface area contributed by atoms with Gasteiger partial charge in [-0.15, -0.1) is 0 Å².